The zero-order valence-electron chi connectivity index (χ0n) is 5.92. The Morgan fingerprint density at radius 1 is 1.18 bits per heavy atom. The Morgan fingerprint density at radius 3 is 2.36 bits per heavy atom. The summed E-state index contributed by atoms with van der Waals surface area (Å²) in [5.41, 5.74) is 0. The molecule has 0 radical (unpaired) electrons. The van der Waals surface area contributed by atoms with Gasteiger partial charge < -0.3 is 25.2 Å². The summed E-state index contributed by atoms with van der Waals surface area (Å²) in [7, 11) is 0. The molecule has 0 spiro atoms. The van der Waals surface area contributed by atoms with Crippen molar-refractivity contribution < 1.29 is 25.2 Å². The minimum absolute atomic E-state index is 0.0521. The number of ether oxygens (including phenoxy) is 1. The molecule has 1 rings (SSSR count). The van der Waals surface area contributed by atoms with Crippen molar-refractivity contribution in [3.63, 3.8) is 0 Å². The molecule has 1 aliphatic heterocycles. The van der Waals surface area contributed by atoms with Gasteiger partial charge in [0.05, 0.1) is 13.2 Å². The monoisotopic (exact) mass is 164 g/mol. The first-order chi connectivity index (χ1) is 5.16. The van der Waals surface area contributed by atoms with Crippen LogP contribution in [0.5, 0.6) is 0 Å². The van der Waals surface area contributed by atoms with Crippen LogP contribution in [0.25, 0.3) is 0 Å². The molecule has 0 aromatic rings. The van der Waals surface area contributed by atoms with E-state index in [9.17, 15) is 0 Å². The van der Waals surface area contributed by atoms with Gasteiger partial charge in [-0.1, -0.05) is 0 Å². The van der Waals surface area contributed by atoms with Crippen LogP contribution in [-0.4, -0.2) is 58.1 Å². The maximum Gasteiger partial charge on any atom is 0.111 e. The molecule has 1 heterocycles. The van der Waals surface area contributed by atoms with Gasteiger partial charge in [-0.25, -0.2) is 0 Å². The van der Waals surface area contributed by atoms with Crippen LogP contribution in [0.1, 0.15) is 0 Å². The average Bonchev–Trinajstić information content (AvgIpc) is 2.01. The molecule has 0 aliphatic carbocycles. The Kier molecular flexibility index (Phi) is 2.80. The van der Waals surface area contributed by atoms with Gasteiger partial charge >= 0.3 is 0 Å². The highest BCUT2D eigenvalue weighted by Crippen LogP contribution is 2.14. The topological polar surface area (TPSA) is 90.2 Å². The van der Waals surface area contributed by atoms with Crippen LogP contribution >= 0.6 is 0 Å². The normalized spacial score (nSPS) is 45.8. The molecule has 0 bridgehead atoms. The van der Waals surface area contributed by atoms with E-state index >= 15 is 0 Å². The Balaban J connectivity index is 2.52. The van der Waals surface area contributed by atoms with Gasteiger partial charge in [0.25, 0.3) is 0 Å². The molecular weight excluding hydrogens is 152 g/mol. The summed E-state index contributed by atoms with van der Waals surface area (Å²) in [5.74, 6) is 0. The molecule has 4 N–H and O–H groups in total. The van der Waals surface area contributed by atoms with E-state index in [1.165, 1.54) is 0 Å². The smallest absolute Gasteiger partial charge is 0.111 e. The van der Waals surface area contributed by atoms with Gasteiger partial charge in [-0.15, -0.1) is 0 Å². The molecule has 1 unspecified atom stereocenters. The first-order valence-corrected chi connectivity index (χ1v) is 3.43. The second-order valence-corrected chi connectivity index (χ2v) is 2.60. The highest BCUT2D eigenvalue weighted by atomic mass is 16.5. The van der Waals surface area contributed by atoms with Crippen LogP contribution in [-0.2, 0) is 4.74 Å². The highest BCUT2D eigenvalue weighted by Gasteiger charge is 2.36. The van der Waals surface area contributed by atoms with E-state index < -0.39 is 24.4 Å². The predicted molar refractivity (Wildman–Crippen MR) is 34.8 cm³/mol. The Morgan fingerprint density at radius 2 is 1.82 bits per heavy atom. The van der Waals surface area contributed by atoms with Crippen molar-refractivity contribution in [2.75, 3.05) is 13.2 Å². The van der Waals surface area contributed by atoms with E-state index in [1.54, 1.807) is 0 Å². The Labute approximate surface area is 63.8 Å². The first-order valence-electron chi connectivity index (χ1n) is 3.43. The van der Waals surface area contributed by atoms with E-state index in [0.717, 1.165) is 0 Å². The van der Waals surface area contributed by atoms with Crippen LogP contribution in [0.2, 0.25) is 0 Å². The van der Waals surface area contributed by atoms with Crippen molar-refractivity contribution in [1.82, 2.24) is 0 Å². The van der Waals surface area contributed by atoms with Gasteiger partial charge in [0.2, 0.25) is 0 Å². The fourth-order valence-corrected chi connectivity index (χ4v) is 1.03. The molecule has 5 heteroatoms. The maximum atomic E-state index is 9.11. The molecule has 0 aromatic heterocycles. The van der Waals surface area contributed by atoms with E-state index in [0.29, 0.717) is 0 Å². The third-order valence-electron chi connectivity index (χ3n) is 1.79. The molecule has 11 heavy (non-hydrogen) atoms. The molecule has 0 aromatic carbocycles. The number of hydrogen-bond donors (Lipinski definition) is 4. The number of rotatable bonds is 1. The third kappa shape index (κ3) is 1.69. The van der Waals surface area contributed by atoms with Crippen LogP contribution in [0.3, 0.4) is 0 Å². The lowest BCUT2D eigenvalue weighted by Gasteiger charge is -2.34. The third-order valence-corrected chi connectivity index (χ3v) is 1.79. The molecule has 1 saturated heterocycles. The lowest BCUT2D eigenvalue weighted by Crippen LogP contribution is -2.53. The summed E-state index contributed by atoms with van der Waals surface area (Å²) < 4.78 is 4.81. The van der Waals surface area contributed by atoms with Gasteiger partial charge in [0.1, 0.15) is 24.4 Å². The fourth-order valence-electron chi connectivity index (χ4n) is 1.03. The number of aliphatic hydroxyl groups is 4. The van der Waals surface area contributed by atoms with Gasteiger partial charge in [-0.2, -0.15) is 0 Å². The molecule has 1 fully saturated rings. The van der Waals surface area contributed by atoms with Crippen LogP contribution in [0.15, 0.2) is 0 Å². The second-order valence-electron chi connectivity index (χ2n) is 2.60. The summed E-state index contributed by atoms with van der Waals surface area (Å²) in [6.07, 6.45) is -4.27. The van der Waals surface area contributed by atoms with E-state index in [2.05, 4.69) is 0 Å². The minimum Gasteiger partial charge on any atom is -0.394 e. The second kappa shape index (κ2) is 3.46. The van der Waals surface area contributed by atoms with Crippen molar-refractivity contribution in [3.8, 4) is 0 Å². The highest BCUT2D eigenvalue weighted by molar-refractivity contribution is 4.85. The lowest BCUT2D eigenvalue weighted by atomic mass is 10.0. The summed E-state index contributed by atoms with van der Waals surface area (Å²) in [5, 5.41) is 35.7. The maximum absolute atomic E-state index is 9.11. The SMILES string of the molecule is OCC1OC[C@@H](O)[C@H](O)[C@H]1O. The molecule has 1 aliphatic rings. The van der Waals surface area contributed by atoms with Crippen molar-refractivity contribution in [3.05, 3.63) is 0 Å². The van der Waals surface area contributed by atoms with Gasteiger partial charge in [-0.05, 0) is 0 Å². The molecular formula is C6H12O5. The predicted octanol–water partition coefficient (Wildman–Crippen LogP) is -2.54. The average molecular weight is 164 g/mol. The summed E-state index contributed by atoms with van der Waals surface area (Å²) in [6.45, 7) is -0.408. The van der Waals surface area contributed by atoms with Crippen LogP contribution in [0.4, 0.5) is 0 Å². The van der Waals surface area contributed by atoms with Crippen molar-refractivity contribution in [2.24, 2.45) is 0 Å². The summed E-state index contributed by atoms with van der Waals surface area (Å²) in [6, 6.07) is 0. The summed E-state index contributed by atoms with van der Waals surface area (Å²) >= 11 is 0. The molecule has 0 amide bonds. The van der Waals surface area contributed by atoms with Crippen molar-refractivity contribution in [1.29, 1.82) is 0 Å². The molecule has 0 saturated carbocycles. The Hall–Kier alpha value is -0.200. The quantitative estimate of drug-likeness (QED) is 0.343. The zero-order chi connectivity index (χ0) is 8.43. The lowest BCUT2D eigenvalue weighted by molar-refractivity contribution is -0.195. The Bertz CT molecular complexity index is 126. The fraction of sp³-hybridized carbons (Fsp3) is 1.00. The zero-order valence-corrected chi connectivity index (χ0v) is 5.92. The standard InChI is InChI=1S/C6H12O5/c7-1-4-6(10)5(9)3(8)2-11-4/h3-10H,1-2H2/t3-,4?,5+,6+/m1/s1. The van der Waals surface area contributed by atoms with E-state index in [1.807, 2.05) is 0 Å². The van der Waals surface area contributed by atoms with Gasteiger partial charge in [-0.3, -0.25) is 0 Å². The largest absolute Gasteiger partial charge is 0.394 e. The first kappa shape index (κ1) is 8.89. The van der Waals surface area contributed by atoms with Crippen LogP contribution < -0.4 is 0 Å². The molecule has 5 nitrogen and oxygen atoms in total. The number of aliphatic hydroxyl groups excluding tert-OH is 4. The van der Waals surface area contributed by atoms with E-state index in [-0.39, 0.29) is 13.2 Å². The van der Waals surface area contributed by atoms with Crippen LogP contribution in [0, 0.1) is 0 Å². The van der Waals surface area contributed by atoms with Gasteiger partial charge in [0, 0.05) is 0 Å². The molecule has 66 valence electrons. The van der Waals surface area contributed by atoms with Crippen molar-refractivity contribution in [2.45, 2.75) is 24.4 Å². The number of hydrogen-bond acceptors (Lipinski definition) is 5. The van der Waals surface area contributed by atoms with Gasteiger partial charge in [0.15, 0.2) is 0 Å². The minimum atomic E-state index is -1.22. The van der Waals surface area contributed by atoms with Crippen molar-refractivity contribution >= 4 is 0 Å². The summed E-state index contributed by atoms with van der Waals surface area (Å²) in [4.78, 5) is 0. The molecule has 4 atom stereocenters. The van der Waals surface area contributed by atoms with E-state index in [4.69, 9.17) is 25.2 Å².